The van der Waals surface area contributed by atoms with Crippen LogP contribution < -0.4 is 4.90 Å². The lowest BCUT2D eigenvalue weighted by Crippen LogP contribution is -2.45. The highest BCUT2D eigenvalue weighted by Gasteiger charge is 2.32. The Morgan fingerprint density at radius 2 is 1.96 bits per heavy atom. The van der Waals surface area contributed by atoms with Crippen LogP contribution >= 0.6 is 22.6 Å². The molecule has 3 rings (SSSR count). The van der Waals surface area contributed by atoms with E-state index in [1.807, 2.05) is 18.0 Å². The molecular weight excluding hydrogens is 458 g/mol. The molecule has 0 atom stereocenters. The SMILES string of the molecule is CN(c1cc(F)cc(I)c1)C1CCN(S(=O)(=O)c2cn(C)cn2)CC1. The predicted molar refractivity (Wildman–Crippen MR) is 103 cm³/mol. The van der Waals surface area contributed by atoms with E-state index in [-0.39, 0.29) is 16.9 Å². The number of nitrogens with zero attached hydrogens (tertiary/aromatic N) is 4. The summed E-state index contributed by atoms with van der Waals surface area (Å²) in [7, 11) is 0.126. The fourth-order valence-corrected chi connectivity index (χ4v) is 5.13. The molecule has 0 aliphatic carbocycles. The van der Waals surface area contributed by atoms with Gasteiger partial charge in [0.15, 0.2) is 5.03 Å². The van der Waals surface area contributed by atoms with Gasteiger partial charge < -0.3 is 9.47 Å². The average Bonchev–Trinajstić information content (AvgIpc) is 3.01. The van der Waals surface area contributed by atoms with Gasteiger partial charge in [-0.25, -0.2) is 17.8 Å². The lowest BCUT2D eigenvalue weighted by atomic mass is 10.0. The van der Waals surface area contributed by atoms with Crippen molar-refractivity contribution in [3.63, 3.8) is 0 Å². The maximum atomic E-state index is 13.6. The number of halogens is 2. The summed E-state index contributed by atoms with van der Waals surface area (Å²) in [6.07, 6.45) is 4.38. The highest BCUT2D eigenvalue weighted by molar-refractivity contribution is 14.1. The monoisotopic (exact) mass is 478 g/mol. The van der Waals surface area contributed by atoms with Gasteiger partial charge in [0.2, 0.25) is 0 Å². The van der Waals surface area contributed by atoms with Crippen molar-refractivity contribution in [2.45, 2.75) is 23.9 Å². The second kappa shape index (κ2) is 7.20. The van der Waals surface area contributed by atoms with Crippen molar-refractivity contribution in [3.8, 4) is 0 Å². The van der Waals surface area contributed by atoms with Gasteiger partial charge in [-0.2, -0.15) is 4.31 Å². The summed E-state index contributed by atoms with van der Waals surface area (Å²) >= 11 is 2.09. The average molecular weight is 478 g/mol. The van der Waals surface area contributed by atoms with E-state index in [1.165, 1.54) is 29.0 Å². The number of sulfonamides is 1. The molecule has 2 heterocycles. The standard InChI is InChI=1S/C16H20FIN4O2S/c1-20-10-16(19-11-20)25(23,24)22-5-3-14(4-6-22)21(2)15-8-12(17)7-13(18)9-15/h7-11,14H,3-6H2,1-2H3. The number of hydrogen-bond acceptors (Lipinski definition) is 4. The molecule has 0 radical (unpaired) electrons. The maximum Gasteiger partial charge on any atom is 0.262 e. The van der Waals surface area contributed by atoms with Crippen molar-refractivity contribution in [1.29, 1.82) is 0 Å². The normalized spacial score (nSPS) is 17.0. The van der Waals surface area contributed by atoms with Crippen molar-refractivity contribution in [3.05, 3.63) is 40.1 Å². The van der Waals surface area contributed by atoms with E-state index in [0.29, 0.717) is 25.9 Å². The third-order valence-electron chi connectivity index (χ3n) is 4.51. The van der Waals surface area contributed by atoms with E-state index in [9.17, 15) is 12.8 Å². The Morgan fingerprint density at radius 3 is 2.52 bits per heavy atom. The first-order valence-corrected chi connectivity index (χ1v) is 10.5. The highest BCUT2D eigenvalue weighted by Crippen LogP contribution is 2.26. The smallest absolute Gasteiger partial charge is 0.262 e. The Bertz CT molecular complexity index is 843. The predicted octanol–water partition coefficient (Wildman–Crippen LogP) is 2.45. The van der Waals surface area contributed by atoms with Gasteiger partial charge in [-0.15, -0.1) is 0 Å². The molecule has 1 aromatic heterocycles. The largest absolute Gasteiger partial charge is 0.371 e. The first kappa shape index (κ1) is 18.6. The summed E-state index contributed by atoms with van der Waals surface area (Å²) in [5, 5.41) is 0.0847. The van der Waals surface area contributed by atoms with E-state index in [2.05, 4.69) is 27.6 Å². The quantitative estimate of drug-likeness (QED) is 0.634. The molecule has 1 saturated heterocycles. The van der Waals surface area contributed by atoms with Gasteiger partial charge in [0.05, 0.1) is 6.33 Å². The Morgan fingerprint density at radius 1 is 1.28 bits per heavy atom. The zero-order chi connectivity index (χ0) is 18.2. The van der Waals surface area contributed by atoms with E-state index >= 15 is 0 Å². The second-order valence-corrected chi connectivity index (χ2v) is 9.38. The molecule has 0 saturated carbocycles. The van der Waals surface area contributed by atoms with Crippen LogP contribution in [0, 0.1) is 9.39 Å². The fourth-order valence-electron chi connectivity index (χ4n) is 3.08. The van der Waals surface area contributed by atoms with Gasteiger partial charge in [-0.1, -0.05) is 0 Å². The topological polar surface area (TPSA) is 58.4 Å². The van der Waals surface area contributed by atoms with E-state index < -0.39 is 10.0 Å². The molecule has 0 spiro atoms. The number of aromatic nitrogens is 2. The Balaban J connectivity index is 1.69. The van der Waals surface area contributed by atoms with Crippen molar-refractivity contribution in [2.75, 3.05) is 25.0 Å². The summed E-state index contributed by atoms with van der Waals surface area (Å²) in [5.41, 5.74) is 0.815. The molecule has 2 aromatic rings. The molecular formula is C16H20FIN4O2S. The van der Waals surface area contributed by atoms with Gasteiger partial charge in [-0.3, -0.25) is 0 Å². The summed E-state index contributed by atoms with van der Waals surface area (Å²) in [6.45, 7) is 0.862. The Labute approximate surface area is 160 Å². The summed E-state index contributed by atoms with van der Waals surface area (Å²) < 4.78 is 42.8. The molecule has 0 N–H and O–H groups in total. The van der Waals surface area contributed by atoms with Crippen LogP contribution in [-0.2, 0) is 17.1 Å². The minimum Gasteiger partial charge on any atom is -0.371 e. The molecule has 1 aromatic carbocycles. The minimum atomic E-state index is -3.55. The third kappa shape index (κ3) is 3.98. The molecule has 1 aliphatic rings. The van der Waals surface area contributed by atoms with Crippen LogP contribution in [0.5, 0.6) is 0 Å². The van der Waals surface area contributed by atoms with Gasteiger partial charge in [0.1, 0.15) is 5.82 Å². The number of piperidine rings is 1. The van der Waals surface area contributed by atoms with Crippen LogP contribution in [0.15, 0.2) is 35.7 Å². The van der Waals surface area contributed by atoms with E-state index in [1.54, 1.807) is 11.6 Å². The molecule has 1 fully saturated rings. The van der Waals surface area contributed by atoms with Crippen LogP contribution in [0.25, 0.3) is 0 Å². The molecule has 0 bridgehead atoms. The zero-order valence-corrected chi connectivity index (χ0v) is 17.0. The Hall–Kier alpha value is -1.20. The lowest BCUT2D eigenvalue weighted by molar-refractivity contribution is 0.314. The maximum absolute atomic E-state index is 13.6. The number of imidazole rings is 1. The van der Waals surface area contributed by atoms with E-state index in [4.69, 9.17) is 0 Å². The van der Waals surface area contributed by atoms with Crippen molar-refractivity contribution < 1.29 is 12.8 Å². The van der Waals surface area contributed by atoms with Crippen molar-refractivity contribution in [1.82, 2.24) is 13.9 Å². The van der Waals surface area contributed by atoms with E-state index in [0.717, 1.165) is 9.26 Å². The van der Waals surface area contributed by atoms with Crippen LogP contribution in [0.3, 0.4) is 0 Å². The van der Waals surface area contributed by atoms with Crippen molar-refractivity contribution >= 4 is 38.3 Å². The highest BCUT2D eigenvalue weighted by atomic mass is 127. The molecule has 1 aliphatic heterocycles. The number of aryl methyl sites for hydroxylation is 1. The summed E-state index contributed by atoms with van der Waals surface area (Å²) in [4.78, 5) is 6.00. The van der Waals surface area contributed by atoms with Gasteiger partial charge in [0.25, 0.3) is 10.0 Å². The number of hydrogen-bond donors (Lipinski definition) is 0. The summed E-state index contributed by atoms with van der Waals surface area (Å²) in [6, 6.07) is 5.10. The Kier molecular flexibility index (Phi) is 5.35. The van der Waals surface area contributed by atoms with Crippen LogP contribution in [0.4, 0.5) is 10.1 Å². The first-order chi connectivity index (χ1) is 11.8. The molecule has 0 unspecified atom stereocenters. The molecule has 6 nitrogen and oxygen atoms in total. The van der Waals surface area contributed by atoms with Crippen LogP contribution in [0.1, 0.15) is 12.8 Å². The summed E-state index contributed by atoms with van der Waals surface area (Å²) in [5.74, 6) is -0.260. The van der Waals surface area contributed by atoms with Crippen molar-refractivity contribution in [2.24, 2.45) is 7.05 Å². The first-order valence-electron chi connectivity index (χ1n) is 7.94. The number of rotatable bonds is 4. The molecule has 136 valence electrons. The van der Waals surface area contributed by atoms with Crippen LogP contribution in [0.2, 0.25) is 0 Å². The number of benzene rings is 1. The van der Waals surface area contributed by atoms with Gasteiger partial charge in [-0.05, 0) is 53.6 Å². The van der Waals surface area contributed by atoms with Gasteiger partial charge >= 0.3 is 0 Å². The second-order valence-electron chi connectivity index (χ2n) is 6.25. The van der Waals surface area contributed by atoms with Crippen LogP contribution in [-0.4, -0.2) is 48.5 Å². The van der Waals surface area contributed by atoms with Gasteiger partial charge in [0, 0.05) is 48.7 Å². The minimum absolute atomic E-state index is 0.0847. The zero-order valence-electron chi connectivity index (χ0n) is 14.1. The lowest BCUT2D eigenvalue weighted by Gasteiger charge is -2.37. The number of anilines is 1. The molecule has 9 heteroatoms. The molecule has 25 heavy (non-hydrogen) atoms. The fraction of sp³-hybridized carbons (Fsp3) is 0.438. The third-order valence-corrected chi connectivity index (χ3v) is 6.92. The molecule has 0 amide bonds.